The molecule has 0 atom stereocenters. The first kappa shape index (κ1) is 40.2. The van der Waals surface area contributed by atoms with Crippen LogP contribution in [-0.4, -0.2) is 103 Å². The van der Waals surface area contributed by atoms with Crippen LogP contribution in [0.4, 0.5) is 39.5 Å². The molecule has 3 N–H and O–H groups in total. The number of aryl methyl sites for hydroxylation is 1. The third kappa shape index (κ3) is 12.3. The lowest BCUT2D eigenvalue weighted by Crippen LogP contribution is -2.51. The van der Waals surface area contributed by atoms with Crippen molar-refractivity contribution in [3.8, 4) is 0 Å². The molecule has 4 heterocycles. The van der Waals surface area contributed by atoms with Crippen LogP contribution in [0.1, 0.15) is 48.5 Å². The van der Waals surface area contributed by atoms with Gasteiger partial charge in [-0.2, -0.15) is 39.5 Å². The van der Waals surface area contributed by atoms with Crippen LogP contribution in [0.15, 0.2) is 24.5 Å². The molecule has 0 aromatic carbocycles. The zero-order chi connectivity index (χ0) is 36.7. The van der Waals surface area contributed by atoms with Gasteiger partial charge in [0.15, 0.2) is 0 Å². The van der Waals surface area contributed by atoms with E-state index in [2.05, 4.69) is 45.5 Å². The van der Waals surface area contributed by atoms with Crippen LogP contribution < -0.4 is 0 Å². The van der Waals surface area contributed by atoms with Gasteiger partial charge in [-0.25, -0.2) is 19.4 Å². The summed E-state index contributed by atoms with van der Waals surface area (Å²) < 4.78 is 97.8. The van der Waals surface area contributed by atoms with Crippen molar-refractivity contribution in [1.82, 2.24) is 24.3 Å². The zero-order valence-corrected chi connectivity index (χ0v) is 25.7. The average molecular weight is 708 g/mol. The Labute approximate surface area is 268 Å². The second-order valence-electron chi connectivity index (χ2n) is 11.5. The molecule has 0 unspecified atom stereocenters. The maximum atomic E-state index is 10.6. The number of alkyl halides is 9. The first-order valence-electron chi connectivity index (χ1n) is 14.2. The fourth-order valence-electron chi connectivity index (χ4n) is 5.07. The number of carboxylic acids is 3. The molecule has 2 aromatic heterocycles. The number of carbonyl (C=O) groups is 3. The lowest BCUT2D eigenvalue weighted by molar-refractivity contribution is -0.193. The molecule has 2 aromatic rings. The molecule has 1 aliphatic carbocycles. The number of aromatic nitrogens is 3. The molecule has 0 amide bonds. The van der Waals surface area contributed by atoms with Gasteiger partial charge in [-0.1, -0.05) is 6.07 Å². The van der Waals surface area contributed by atoms with Gasteiger partial charge in [0, 0.05) is 44.0 Å². The van der Waals surface area contributed by atoms with Crippen LogP contribution in [0.5, 0.6) is 0 Å². The standard InChI is InChI=1S/C22H31N5.3C2HF3O2/c1-17-24-21-20(27(17)14-18-5-6-18)15-26(13-19-4-3-9-23-12-19)16-22(21)7-10-25(2)11-8-22;3*3-2(4,5)1(6)7/h3-4,9,12,18H,5-8,10-11,13-16H2,1-2H3;3*(H,6,7). The van der Waals surface area contributed by atoms with Gasteiger partial charge in [0.05, 0.1) is 11.4 Å². The van der Waals surface area contributed by atoms with Crippen LogP contribution in [-0.2, 0) is 39.4 Å². The summed E-state index contributed by atoms with van der Waals surface area (Å²) in [6.45, 7) is 8.87. The number of imidazole rings is 1. The van der Waals surface area contributed by atoms with Gasteiger partial charge in [0.2, 0.25) is 0 Å². The van der Waals surface area contributed by atoms with Gasteiger partial charge in [-0.05, 0) is 70.3 Å². The number of fused-ring (bicyclic) bond motifs is 2. The van der Waals surface area contributed by atoms with Crippen molar-refractivity contribution in [3.63, 3.8) is 0 Å². The Kier molecular flexibility index (Phi) is 13.4. The van der Waals surface area contributed by atoms with Gasteiger partial charge in [-0.3, -0.25) is 9.88 Å². The molecule has 2 aliphatic heterocycles. The summed E-state index contributed by atoms with van der Waals surface area (Å²) >= 11 is 0. The minimum absolute atomic E-state index is 0.224. The van der Waals surface area contributed by atoms with Gasteiger partial charge in [0.1, 0.15) is 5.82 Å². The Morgan fingerprint density at radius 2 is 1.38 bits per heavy atom. The second kappa shape index (κ2) is 16.0. The smallest absolute Gasteiger partial charge is 0.475 e. The molecule has 0 bridgehead atoms. The van der Waals surface area contributed by atoms with Crippen LogP contribution in [0.3, 0.4) is 0 Å². The summed E-state index contributed by atoms with van der Waals surface area (Å²) in [6.07, 6.45) is -6.14. The van der Waals surface area contributed by atoms with Crippen molar-refractivity contribution in [2.24, 2.45) is 5.92 Å². The van der Waals surface area contributed by atoms with Crippen molar-refractivity contribution in [2.75, 3.05) is 26.7 Å². The Bertz CT molecular complexity index is 1330. The van der Waals surface area contributed by atoms with E-state index >= 15 is 0 Å². The topological polar surface area (TPSA) is 149 Å². The monoisotopic (exact) mass is 707 g/mol. The fraction of sp³-hybridized carbons (Fsp3) is 0.607. The minimum Gasteiger partial charge on any atom is -0.475 e. The van der Waals surface area contributed by atoms with Gasteiger partial charge in [0.25, 0.3) is 0 Å². The average Bonchev–Trinajstić information content (AvgIpc) is 3.73. The van der Waals surface area contributed by atoms with E-state index in [9.17, 15) is 39.5 Å². The van der Waals surface area contributed by atoms with Gasteiger partial charge < -0.3 is 24.8 Å². The highest BCUT2D eigenvalue weighted by Gasteiger charge is 2.45. The second-order valence-corrected chi connectivity index (χ2v) is 11.5. The number of hydrogen-bond acceptors (Lipinski definition) is 7. The zero-order valence-electron chi connectivity index (χ0n) is 25.7. The molecule has 3 aliphatic rings. The number of piperidine rings is 1. The molecule has 5 rings (SSSR count). The number of nitrogens with zero attached hydrogens (tertiary/aromatic N) is 5. The number of aliphatic carboxylic acids is 3. The number of pyridine rings is 1. The molecule has 20 heteroatoms. The normalized spacial score (nSPS) is 17.8. The lowest BCUT2D eigenvalue weighted by Gasteiger charge is -2.46. The van der Waals surface area contributed by atoms with Crippen molar-refractivity contribution in [2.45, 2.75) is 76.2 Å². The SMILES string of the molecule is Cc1nc2c(n1CC1CC1)CN(Cc1cccnc1)CC21CCN(C)CC1.O=C(O)C(F)(F)F.O=C(O)C(F)(F)F.O=C(O)C(F)(F)F. The molecular weight excluding hydrogens is 673 g/mol. The number of hydrogen-bond donors (Lipinski definition) is 3. The quantitative estimate of drug-likeness (QED) is 0.376. The van der Waals surface area contributed by atoms with E-state index in [4.69, 9.17) is 34.7 Å². The Morgan fingerprint density at radius 1 is 0.896 bits per heavy atom. The minimum atomic E-state index is -5.08. The maximum Gasteiger partial charge on any atom is 0.490 e. The molecule has 270 valence electrons. The molecule has 1 saturated carbocycles. The van der Waals surface area contributed by atoms with Crippen LogP contribution in [0.25, 0.3) is 0 Å². The third-order valence-electron chi connectivity index (χ3n) is 7.60. The molecule has 1 saturated heterocycles. The van der Waals surface area contributed by atoms with Crippen molar-refractivity contribution < 1.29 is 69.2 Å². The summed E-state index contributed by atoms with van der Waals surface area (Å²) in [5.74, 6) is -6.16. The summed E-state index contributed by atoms with van der Waals surface area (Å²) in [5, 5.41) is 21.4. The summed E-state index contributed by atoms with van der Waals surface area (Å²) in [4.78, 5) is 41.3. The highest BCUT2D eigenvalue weighted by atomic mass is 19.4. The van der Waals surface area contributed by atoms with E-state index in [0.717, 1.165) is 25.6 Å². The van der Waals surface area contributed by atoms with E-state index in [-0.39, 0.29) is 5.41 Å². The van der Waals surface area contributed by atoms with Crippen molar-refractivity contribution in [1.29, 1.82) is 0 Å². The predicted octanol–water partition coefficient (Wildman–Crippen LogP) is 4.88. The predicted molar refractivity (Wildman–Crippen MR) is 148 cm³/mol. The number of carboxylic acid groups (broad SMARTS) is 3. The van der Waals surface area contributed by atoms with E-state index in [1.807, 2.05) is 12.4 Å². The summed E-state index contributed by atoms with van der Waals surface area (Å²) in [6, 6.07) is 4.26. The molecule has 2 fully saturated rings. The first-order chi connectivity index (χ1) is 22.0. The largest absolute Gasteiger partial charge is 0.490 e. The Balaban J connectivity index is 0.000000313. The summed E-state index contributed by atoms with van der Waals surface area (Å²) in [7, 11) is 2.25. The first-order valence-corrected chi connectivity index (χ1v) is 14.2. The Hall–Kier alpha value is -3.94. The molecule has 0 radical (unpaired) electrons. The van der Waals surface area contributed by atoms with Gasteiger partial charge in [-0.15, -0.1) is 0 Å². The summed E-state index contributed by atoms with van der Waals surface area (Å²) in [5.41, 5.74) is 4.46. The molecule has 11 nitrogen and oxygen atoms in total. The Morgan fingerprint density at radius 3 is 1.77 bits per heavy atom. The number of halogens is 9. The maximum absolute atomic E-state index is 10.6. The fourth-order valence-corrected chi connectivity index (χ4v) is 5.07. The molecule has 1 spiro atoms. The lowest BCUT2D eigenvalue weighted by atomic mass is 9.72. The molecular formula is C28H34F9N5O6. The van der Waals surface area contributed by atoms with E-state index < -0.39 is 36.4 Å². The van der Waals surface area contributed by atoms with Crippen LogP contribution in [0, 0.1) is 12.8 Å². The molecule has 48 heavy (non-hydrogen) atoms. The van der Waals surface area contributed by atoms with E-state index in [1.54, 1.807) is 0 Å². The highest BCUT2D eigenvalue weighted by molar-refractivity contribution is 5.73. The third-order valence-corrected chi connectivity index (χ3v) is 7.60. The number of rotatable bonds is 4. The highest BCUT2D eigenvalue weighted by Crippen LogP contribution is 2.43. The van der Waals surface area contributed by atoms with E-state index in [0.29, 0.717) is 0 Å². The van der Waals surface area contributed by atoms with Crippen molar-refractivity contribution >= 4 is 17.9 Å². The van der Waals surface area contributed by atoms with Gasteiger partial charge >= 0.3 is 36.4 Å². The number of likely N-dealkylation sites (tertiary alicyclic amines) is 1. The van der Waals surface area contributed by atoms with Crippen molar-refractivity contribution in [3.05, 3.63) is 47.3 Å². The van der Waals surface area contributed by atoms with E-state index in [1.165, 1.54) is 68.1 Å². The van der Waals surface area contributed by atoms with Crippen LogP contribution in [0.2, 0.25) is 0 Å². The van der Waals surface area contributed by atoms with Crippen LogP contribution >= 0.6 is 0 Å².